The molecule has 1 fully saturated rings. The SMILES string of the molecule is COc1nc2ncnn2c(NC2CC2)c1-c1cc(F)c(C)cc1F. The summed E-state index contributed by atoms with van der Waals surface area (Å²) < 4.78 is 35.4. The molecule has 1 aliphatic rings. The Morgan fingerprint density at radius 3 is 2.75 bits per heavy atom. The summed E-state index contributed by atoms with van der Waals surface area (Å²) in [6.45, 7) is 1.52. The number of hydrogen-bond acceptors (Lipinski definition) is 5. The summed E-state index contributed by atoms with van der Waals surface area (Å²) in [5.41, 5.74) is 0.642. The third kappa shape index (κ3) is 2.34. The van der Waals surface area contributed by atoms with E-state index in [1.165, 1.54) is 24.9 Å². The van der Waals surface area contributed by atoms with Gasteiger partial charge in [0.1, 0.15) is 23.8 Å². The van der Waals surface area contributed by atoms with Crippen LogP contribution in [0.15, 0.2) is 18.5 Å². The van der Waals surface area contributed by atoms with Gasteiger partial charge in [-0.2, -0.15) is 19.6 Å². The summed E-state index contributed by atoms with van der Waals surface area (Å²) in [5, 5.41) is 7.44. The molecule has 1 aromatic carbocycles. The van der Waals surface area contributed by atoms with Crippen LogP contribution in [-0.4, -0.2) is 32.7 Å². The molecule has 1 N–H and O–H groups in total. The van der Waals surface area contributed by atoms with Crippen molar-refractivity contribution in [2.75, 3.05) is 12.4 Å². The van der Waals surface area contributed by atoms with Crippen molar-refractivity contribution >= 4 is 11.6 Å². The third-order valence-corrected chi connectivity index (χ3v) is 4.02. The Kier molecular flexibility index (Phi) is 3.33. The number of methoxy groups -OCH3 is 1. The predicted molar refractivity (Wildman–Crippen MR) is 84.1 cm³/mol. The van der Waals surface area contributed by atoms with Crippen LogP contribution < -0.4 is 10.1 Å². The highest BCUT2D eigenvalue weighted by Gasteiger charge is 2.28. The molecule has 124 valence electrons. The Bertz CT molecular complexity index is 936. The minimum Gasteiger partial charge on any atom is -0.480 e. The lowest BCUT2D eigenvalue weighted by Gasteiger charge is -2.16. The van der Waals surface area contributed by atoms with Crippen LogP contribution in [0.25, 0.3) is 16.9 Å². The van der Waals surface area contributed by atoms with Crippen LogP contribution >= 0.6 is 0 Å². The lowest BCUT2D eigenvalue weighted by Crippen LogP contribution is -2.11. The summed E-state index contributed by atoms with van der Waals surface area (Å²) in [7, 11) is 1.43. The van der Waals surface area contributed by atoms with Crippen LogP contribution in [0.3, 0.4) is 0 Å². The fourth-order valence-corrected chi connectivity index (χ4v) is 2.61. The highest BCUT2D eigenvalue weighted by molar-refractivity contribution is 5.82. The van der Waals surface area contributed by atoms with E-state index >= 15 is 0 Å². The van der Waals surface area contributed by atoms with Gasteiger partial charge in [0.15, 0.2) is 0 Å². The minimum absolute atomic E-state index is 0.0722. The lowest BCUT2D eigenvalue weighted by molar-refractivity contribution is 0.399. The molecule has 0 saturated heterocycles. The van der Waals surface area contributed by atoms with E-state index in [-0.39, 0.29) is 23.0 Å². The van der Waals surface area contributed by atoms with Gasteiger partial charge in [-0.1, -0.05) is 0 Å². The van der Waals surface area contributed by atoms with Gasteiger partial charge in [-0.05, 0) is 37.5 Å². The molecule has 0 amide bonds. The first-order valence-corrected chi connectivity index (χ1v) is 7.58. The van der Waals surface area contributed by atoms with E-state index < -0.39 is 11.6 Å². The number of nitrogens with zero attached hydrogens (tertiary/aromatic N) is 4. The summed E-state index contributed by atoms with van der Waals surface area (Å²) >= 11 is 0. The molecular formula is C16H15F2N5O. The Morgan fingerprint density at radius 2 is 2.04 bits per heavy atom. The lowest BCUT2D eigenvalue weighted by atomic mass is 10.0. The van der Waals surface area contributed by atoms with E-state index in [2.05, 4.69) is 20.4 Å². The van der Waals surface area contributed by atoms with Crippen LogP contribution in [0.2, 0.25) is 0 Å². The van der Waals surface area contributed by atoms with Crippen LogP contribution in [0.4, 0.5) is 14.6 Å². The Morgan fingerprint density at radius 1 is 1.25 bits per heavy atom. The minimum atomic E-state index is -0.549. The number of ether oxygens (including phenoxy) is 1. The maximum absolute atomic E-state index is 14.6. The van der Waals surface area contributed by atoms with Crippen molar-refractivity contribution in [3.8, 4) is 17.0 Å². The van der Waals surface area contributed by atoms with Crippen molar-refractivity contribution in [3.63, 3.8) is 0 Å². The fourth-order valence-electron chi connectivity index (χ4n) is 2.61. The number of aromatic nitrogens is 4. The number of nitrogens with one attached hydrogen (secondary N) is 1. The second kappa shape index (κ2) is 5.40. The Labute approximate surface area is 136 Å². The van der Waals surface area contributed by atoms with Gasteiger partial charge < -0.3 is 10.1 Å². The molecule has 8 heteroatoms. The second-order valence-corrected chi connectivity index (χ2v) is 5.82. The monoisotopic (exact) mass is 331 g/mol. The van der Waals surface area contributed by atoms with Gasteiger partial charge in [0.25, 0.3) is 5.78 Å². The zero-order valence-electron chi connectivity index (χ0n) is 13.2. The van der Waals surface area contributed by atoms with Crippen molar-refractivity contribution in [3.05, 3.63) is 35.7 Å². The predicted octanol–water partition coefficient (Wildman–Crippen LogP) is 2.96. The number of aryl methyl sites for hydroxylation is 1. The van der Waals surface area contributed by atoms with Gasteiger partial charge >= 0.3 is 0 Å². The molecule has 1 saturated carbocycles. The summed E-state index contributed by atoms with van der Waals surface area (Å²) in [5.74, 6) is -0.0524. The number of halogens is 2. The van der Waals surface area contributed by atoms with Crippen molar-refractivity contribution in [2.24, 2.45) is 0 Å². The molecule has 3 aromatic rings. The molecule has 1 aliphatic carbocycles. The van der Waals surface area contributed by atoms with Gasteiger partial charge in [0, 0.05) is 11.6 Å². The van der Waals surface area contributed by atoms with Crippen molar-refractivity contribution in [2.45, 2.75) is 25.8 Å². The first-order valence-electron chi connectivity index (χ1n) is 7.58. The van der Waals surface area contributed by atoms with Gasteiger partial charge in [-0.25, -0.2) is 8.78 Å². The molecule has 0 bridgehead atoms. The van der Waals surface area contributed by atoms with Crippen LogP contribution in [0.5, 0.6) is 5.88 Å². The maximum atomic E-state index is 14.6. The van der Waals surface area contributed by atoms with Crippen LogP contribution in [0, 0.1) is 18.6 Å². The quantitative estimate of drug-likeness (QED) is 0.796. The standard InChI is InChI=1S/C16H15F2N5O/c1-8-5-12(18)10(6-11(8)17)13-14(21-9-3-4-9)23-16(19-7-20-23)22-15(13)24-2/h5-7,9,21H,3-4H2,1-2H3. The van der Waals surface area contributed by atoms with Gasteiger partial charge in [0.05, 0.1) is 12.7 Å². The first-order chi connectivity index (χ1) is 11.6. The fraction of sp³-hybridized carbons (Fsp3) is 0.312. The number of hydrogen-bond donors (Lipinski definition) is 1. The van der Waals surface area contributed by atoms with E-state index in [4.69, 9.17) is 4.74 Å². The van der Waals surface area contributed by atoms with Gasteiger partial charge in [-0.15, -0.1) is 0 Å². The normalized spacial score (nSPS) is 14.2. The Balaban J connectivity index is 2.03. The number of rotatable bonds is 4. The van der Waals surface area contributed by atoms with E-state index in [9.17, 15) is 8.78 Å². The molecule has 0 atom stereocenters. The van der Waals surface area contributed by atoms with Gasteiger partial charge in [0.2, 0.25) is 5.88 Å². The van der Waals surface area contributed by atoms with Crippen LogP contribution in [0.1, 0.15) is 18.4 Å². The molecule has 0 spiro atoms. The maximum Gasteiger partial charge on any atom is 0.257 e. The second-order valence-electron chi connectivity index (χ2n) is 5.82. The Hall–Kier alpha value is -2.77. The van der Waals surface area contributed by atoms with Gasteiger partial charge in [-0.3, -0.25) is 0 Å². The number of benzene rings is 1. The van der Waals surface area contributed by atoms with E-state index in [1.807, 2.05) is 0 Å². The topological polar surface area (TPSA) is 64.3 Å². The zero-order chi connectivity index (χ0) is 16.8. The summed E-state index contributed by atoms with van der Waals surface area (Å²) in [6.07, 6.45) is 3.37. The average molecular weight is 331 g/mol. The van der Waals surface area contributed by atoms with E-state index in [1.54, 1.807) is 0 Å². The molecule has 4 rings (SSSR count). The largest absolute Gasteiger partial charge is 0.480 e. The van der Waals surface area contributed by atoms with Crippen LogP contribution in [-0.2, 0) is 0 Å². The highest BCUT2D eigenvalue weighted by atomic mass is 19.1. The molecule has 24 heavy (non-hydrogen) atoms. The molecule has 6 nitrogen and oxygen atoms in total. The zero-order valence-corrected chi connectivity index (χ0v) is 13.2. The third-order valence-electron chi connectivity index (χ3n) is 4.02. The average Bonchev–Trinajstić information content (AvgIpc) is 3.25. The molecule has 0 unspecified atom stereocenters. The smallest absolute Gasteiger partial charge is 0.257 e. The molecule has 0 radical (unpaired) electrons. The van der Waals surface area contributed by atoms with E-state index in [0.717, 1.165) is 25.0 Å². The first kappa shape index (κ1) is 14.8. The van der Waals surface area contributed by atoms with E-state index in [0.29, 0.717) is 17.2 Å². The molecule has 0 aliphatic heterocycles. The van der Waals surface area contributed by atoms with Crippen molar-refractivity contribution < 1.29 is 13.5 Å². The summed E-state index contributed by atoms with van der Waals surface area (Å²) in [4.78, 5) is 8.31. The number of fused-ring (bicyclic) bond motifs is 1. The molecule has 2 heterocycles. The molecular weight excluding hydrogens is 316 g/mol. The number of anilines is 1. The van der Waals surface area contributed by atoms with Crippen molar-refractivity contribution in [1.29, 1.82) is 0 Å². The summed E-state index contributed by atoms with van der Waals surface area (Å²) in [6, 6.07) is 2.59. The van der Waals surface area contributed by atoms with Crippen molar-refractivity contribution in [1.82, 2.24) is 19.6 Å². The highest BCUT2D eigenvalue weighted by Crippen LogP contribution is 2.39. The molecule has 2 aromatic heterocycles.